The van der Waals surface area contributed by atoms with E-state index in [-0.39, 0.29) is 0 Å². The molecule has 0 aliphatic carbocycles. The Kier molecular flexibility index (Phi) is 4.51. The van der Waals surface area contributed by atoms with Crippen LogP contribution in [-0.2, 0) is 0 Å². The highest BCUT2D eigenvalue weighted by atomic mass is 79.9. The topological polar surface area (TPSA) is 12.0 Å². The number of halogens is 1. The van der Waals surface area contributed by atoms with Crippen molar-refractivity contribution in [2.45, 2.75) is 19.4 Å². The minimum absolute atomic E-state index is 0.356. The average molecular weight is 258 g/mol. The molecule has 0 aliphatic rings. The monoisotopic (exact) mass is 257 g/mol. The second kappa shape index (κ2) is 5.43. The lowest BCUT2D eigenvalue weighted by Crippen LogP contribution is -2.14. The van der Waals surface area contributed by atoms with Crippen LogP contribution < -0.4 is 5.32 Å². The molecule has 1 N–H and O–H groups in total. The van der Waals surface area contributed by atoms with Crippen LogP contribution in [0.1, 0.15) is 24.9 Å². The molecule has 1 unspecified atom stereocenters. The molecule has 1 rings (SSSR count). The van der Waals surface area contributed by atoms with Crippen molar-refractivity contribution < 1.29 is 0 Å². The number of rotatable bonds is 3. The Labute approximate surface area is 91.7 Å². The summed E-state index contributed by atoms with van der Waals surface area (Å²) in [5.74, 6) is 5.99. The molecule has 0 fully saturated rings. The fourth-order valence-corrected chi connectivity index (χ4v) is 2.33. The molecule has 70 valence electrons. The third-order valence-corrected chi connectivity index (χ3v) is 3.34. The molecule has 1 nitrogen and oxygen atoms in total. The van der Waals surface area contributed by atoms with Crippen molar-refractivity contribution >= 4 is 27.3 Å². The zero-order valence-electron chi connectivity index (χ0n) is 7.73. The van der Waals surface area contributed by atoms with Gasteiger partial charge in [-0.2, -0.15) is 0 Å². The van der Waals surface area contributed by atoms with Gasteiger partial charge in [0.15, 0.2) is 0 Å². The summed E-state index contributed by atoms with van der Waals surface area (Å²) < 4.78 is 1.17. The Morgan fingerprint density at radius 2 is 2.46 bits per heavy atom. The Morgan fingerprint density at radius 1 is 1.69 bits per heavy atom. The molecule has 0 saturated heterocycles. The van der Waals surface area contributed by atoms with Gasteiger partial charge >= 0.3 is 0 Å². The maximum atomic E-state index is 3.45. The molecule has 0 aromatic carbocycles. The van der Waals surface area contributed by atoms with Crippen LogP contribution in [0.15, 0.2) is 15.2 Å². The highest BCUT2D eigenvalue weighted by molar-refractivity contribution is 9.11. The first-order valence-electron chi connectivity index (χ1n) is 4.08. The van der Waals surface area contributed by atoms with Crippen LogP contribution in [0.5, 0.6) is 0 Å². The maximum Gasteiger partial charge on any atom is 0.0701 e. The third-order valence-electron chi connectivity index (χ3n) is 1.82. The van der Waals surface area contributed by atoms with Gasteiger partial charge in [-0.05, 0) is 46.9 Å². The predicted octanol–water partition coefficient (Wildman–Crippen LogP) is 3.18. The molecule has 0 radical (unpaired) electrons. The van der Waals surface area contributed by atoms with Gasteiger partial charge in [0.05, 0.1) is 3.79 Å². The number of hydrogen-bond donors (Lipinski definition) is 1. The first kappa shape index (κ1) is 10.8. The van der Waals surface area contributed by atoms with Crippen molar-refractivity contribution in [3.8, 4) is 11.8 Å². The lowest BCUT2D eigenvalue weighted by molar-refractivity contribution is 0.613. The normalized spacial score (nSPS) is 11.9. The number of nitrogens with one attached hydrogen (secondary N) is 1. The smallest absolute Gasteiger partial charge is 0.0701 e. The molecule has 0 spiro atoms. The number of thiophene rings is 1. The summed E-state index contributed by atoms with van der Waals surface area (Å²) in [5.41, 5.74) is 1.31. The first-order valence-corrected chi connectivity index (χ1v) is 5.76. The molecule has 13 heavy (non-hydrogen) atoms. The minimum Gasteiger partial charge on any atom is -0.312 e. The summed E-state index contributed by atoms with van der Waals surface area (Å²) in [4.78, 5) is 0. The first-order chi connectivity index (χ1) is 6.27. The molecule has 1 aromatic rings. The molecule has 1 aromatic heterocycles. The summed E-state index contributed by atoms with van der Waals surface area (Å²) in [6, 6.07) is 2.50. The van der Waals surface area contributed by atoms with Gasteiger partial charge in [0.1, 0.15) is 0 Å². The van der Waals surface area contributed by atoms with Crippen molar-refractivity contribution in [2.24, 2.45) is 0 Å². The van der Waals surface area contributed by atoms with Gasteiger partial charge in [0.25, 0.3) is 0 Å². The Morgan fingerprint density at radius 3 is 2.92 bits per heavy atom. The van der Waals surface area contributed by atoms with E-state index in [1.54, 1.807) is 11.3 Å². The SMILES string of the molecule is CC#CCC(NC)c1csc(Br)c1. The maximum absolute atomic E-state index is 3.45. The van der Waals surface area contributed by atoms with Crippen LogP contribution in [0, 0.1) is 11.8 Å². The fourth-order valence-electron chi connectivity index (χ4n) is 1.10. The van der Waals surface area contributed by atoms with Crippen LogP contribution >= 0.6 is 27.3 Å². The van der Waals surface area contributed by atoms with Gasteiger partial charge < -0.3 is 5.32 Å². The van der Waals surface area contributed by atoms with Crippen molar-refractivity contribution in [3.05, 3.63) is 20.8 Å². The molecule has 3 heteroatoms. The van der Waals surface area contributed by atoms with Gasteiger partial charge in [-0.3, -0.25) is 0 Å². The van der Waals surface area contributed by atoms with Crippen LogP contribution in [0.2, 0.25) is 0 Å². The second-order valence-electron chi connectivity index (χ2n) is 2.66. The molecule has 1 atom stereocenters. The van der Waals surface area contributed by atoms with E-state index in [2.05, 4.69) is 44.5 Å². The summed E-state index contributed by atoms with van der Waals surface area (Å²) in [6.45, 7) is 1.87. The Bertz CT molecular complexity index is 321. The summed E-state index contributed by atoms with van der Waals surface area (Å²) in [6.07, 6.45) is 0.871. The van der Waals surface area contributed by atoms with E-state index >= 15 is 0 Å². The van der Waals surface area contributed by atoms with Crippen LogP contribution in [0.4, 0.5) is 0 Å². The van der Waals surface area contributed by atoms with E-state index < -0.39 is 0 Å². The van der Waals surface area contributed by atoms with Crippen molar-refractivity contribution in [1.29, 1.82) is 0 Å². The van der Waals surface area contributed by atoms with E-state index in [1.165, 1.54) is 9.35 Å². The number of hydrogen-bond acceptors (Lipinski definition) is 2. The molecular weight excluding hydrogens is 246 g/mol. The predicted molar refractivity (Wildman–Crippen MR) is 61.9 cm³/mol. The van der Waals surface area contributed by atoms with Crippen molar-refractivity contribution in [2.75, 3.05) is 7.05 Å². The zero-order chi connectivity index (χ0) is 9.68. The Hall–Kier alpha value is -0.300. The lowest BCUT2D eigenvalue weighted by atomic mass is 10.1. The molecular formula is C10H12BrNS. The minimum atomic E-state index is 0.356. The third kappa shape index (κ3) is 3.15. The Balaban J connectivity index is 2.70. The molecule has 0 saturated carbocycles. The van der Waals surface area contributed by atoms with Crippen LogP contribution in [0.3, 0.4) is 0 Å². The molecule has 0 bridgehead atoms. The summed E-state index contributed by atoms with van der Waals surface area (Å²) >= 11 is 5.16. The zero-order valence-corrected chi connectivity index (χ0v) is 10.1. The van der Waals surface area contributed by atoms with E-state index in [1.807, 2.05) is 14.0 Å². The van der Waals surface area contributed by atoms with Crippen molar-refractivity contribution in [3.63, 3.8) is 0 Å². The van der Waals surface area contributed by atoms with E-state index in [0.29, 0.717) is 6.04 Å². The van der Waals surface area contributed by atoms with Gasteiger partial charge in [0.2, 0.25) is 0 Å². The second-order valence-corrected chi connectivity index (χ2v) is 4.95. The quantitative estimate of drug-likeness (QED) is 0.821. The highest BCUT2D eigenvalue weighted by Crippen LogP contribution is 2.26. The van der Waals surface area contributed by atoms with Gasteiger partial charge in [0, 0.05) is 12.5 Å². The van der Waals surface area contributed by atoms with Gasteiger partial charge in [-0.15, -0.1) is 23.2 Å². The highest BCUT2D eigenvalue weighted by Gasteiger charge is 2.08. The summed E-state index contributed by atoms with van der Waals surface area (Å²) in [5, 5.41) is 5.41. The fraction of sp³-hybridized carbons (Fsp3) is 0.400. The molecule has 0 aliphatic heterocycles. The van der Waals surface area contributed by atoms with E-state index in [4.69, 9.17) is 0 Å². The standard InChI is InChI=1S/C10H12BrNS/c1-3-4-5-9(12-2)8-6-10(11)13-7-8/h6-7,9,12H,5H2,1-2H3. The van der Waals surface area contributed by atoms with Crippen molar-refractivity contribution in [1.82, 2.24) is 5.32 Å². The van der Waals surface area contributed by atoms with E-state index in [0.717, 1.165) is 6.42 Å². The molecule has 1 heterocycles. The van der Waals surface area contributed by atoms with Gasteiger partial charge in [-0.1, -0.05) is 0 Å². The van der Waals surface area contributed by atoms with Crippen LogP contribution in [-0.4, -0.2) is 7.05 Å². The largest absolute Gasteiger partial charge is 0.312 e. The van der Waals surface area contributed by atoms with Gasteiger partial charge in [-0.25, -0.2) is 0 Å². The summed E-state index contributed by atoms with van der Waals surface area (Å²) in [7, 11) is 1.97. The molecule has 0 amide bonds. The average Bonchev–Trinajstić information content (AvgIpc) is 2.54. The van der Waals surface area contributed by atoms with E-state index in [9.17, 15) is 0 Å². The van der Waals surface area contributed by atoms with Crippen LogP contribution in [0.25, 0.3) is 0 Å². The lowest BCUT2D eigenvalue weighted by Gasteiger charge is -2.10.